The summed E-state index contributed by atoms with van der Waals surface area (Å²) in [5.41, 5.74) is 2.36. The van der Waals surface area contributed by atoms with Gasteiger partial charge >= 0.3 is 5.97 Å². The lowest BCUT2D eigenvalue weighted by molar-refractivity contribution is -0.384. The van der Waals surface area contributed by atoms with E-state index in [2.05, 4.69) is 5.32 Å². The molecule has 0 spiro atoms. The summed E-state index contributed by atoms with van der Waals surface area (Å²) in [6, 6.07) is 11.6. The van der Waals surface area contributed by atoms with E-state index in [1.165, 1.54) is 12.1 Å². The number of rotatable bonds is 8. The monoisotopic (exact) mass is 399 g/mol. The van der Waals surface area contributed by atoms with Crippen molar-refractivity contribution in [2.24, 2.45) is 0 Å². The molecule has 8 heteroatoms. The van der Waals surface area contributed by atoms with Gasteiger partial charge in [0.2, 0.25) is 0 Å². The fourth-order valence-corrected chi connectivity index (χ4v) is 2.86. The molecule has 29 heavy (non-hydrogen) atoms. The maximum Gasteiger partial charge on any atom is 0.341 e. The molecule has 0 heterocycles. The van der Waals surface area contributed by atoms with Gasteiger partial charge in [-0.3, -0.25) is 14.9 Å². The second-order valence-electron chi connectivity index (χ2n) is 6.87. The normalized spacial score (nSPS) is 11.4. The second kappa shape index (κ2) is 9.68. The number of amides is 1. The standard InChI is InChI=1S/C21H25N3O5/c1-5-18(15-8-6-14(2)7-9-15)22-20(25)13-29-21(26)17-12-16(24(27)28)10-11-19(17)23(3)4/h6-12,18H,5,13H2,1-4H3,(H,22,25)/t18-/m1/s1. The molecule has 0 bridgehead atoms. The van der Waals surface area contributed by atoms with E-state index in [0.717, 1.165) is 17.2 Å². The Balaban J connectivity index is 2.06. The van der Waals surface area contributed by atoms with Crippen LogP contribution in [-0.4, -0.2) is 37.5 Å². The average molecular weight is 399 g/mol. The highest BCUT2D eigenvalue weighted by Crippen LogP contribution is 2.25. The van der Waals surface area contributed by atoms with Crippen LogP contribution in [0.25, 0.3) is 0 Å². The summed E-state index contributed by atoms with van der Waals surface area (Å²) in [4.78, 5) is 36.8. The molecule has 0 radical (unpaired) electrons. The van der Waals surface area contributed by atoms with E-state index in [9.17, 15) is 19.7 Å². The fraction of sp³-hybridized carbons (Fsp3) is 0.333. The van der Waals surface area contributed by atoms with Crippen LogP contribution in [0, 0.1) is 17.0 Å². The molecule has 0 saturated heterocycles. The van der Waals surface area contributed by atoms with Gasteiger partial charge in [-0.1, -0.05) is 36.8 Å². The third-order valence-electron chi connectivity index (χ3n) is 4.45. The van der Waals surface area contributed by atoms with E-state index in [4.69, 9.17) is 4.74 Å². The summed E-state index contributed by atoms with van der Waals surface area (Å²) in [6.45, 7) is 3.46. The summed E-state index contributed by atoms with van der Waals surface area (Å²) in [7, 11) is 3.41. The smallest absolute Gasteiger partial charge is 0.341 e. The predicted molar refractivity (Wildman–Crippen MR) is 110 cm³/mol. The van der Waals surface area contributed by atoms with Crippen molar-refractivity contribution in [3.8, 4) is 0 Å². The molecule has 1 N–H and O–H groups in total. The molecule has 0 aliphatic carbocycles. The highest BCUT2D eigenvalue weighted by atomic mass is 16.6. The SMILES string of the molecule is CC[C@@H](NC(=O)COC(=O)c1cc([N+](=O)[O-])ccc1N(C)C)c1ccc(C)cc1. The second-order valence-corrected chi connectivity index (χ2v) is 6.87. The topological polar surface area (TPSA) is 102 Å². The number of nitrogens with one attached hydrogen (secondary N) is 1. The number of nitrogens with zero attached hydrogens (tertiary/aromatic N) is 2. The van der Waals surface area contributed by atoms with Crippen LogP contribution in [0.1, 0.15) is 40.9 Å². The highest BCUT2D eigenvalue weighted by molar-refractivity contribution is 5.97. The molecule has 8 nitrogen and oxygen atoms in total. The van der Waals surface area contributed by atoms with Crippen LogP contribution in [0.15, 0.2) is 42.5 Å². The summed E-state index contributed by atoms with van der Waals surface area (Å²) >= 11 is 0. The molecule has 0 aromatic heterocycles. The Kier molecular flexibility index (Phi) is 7.30. The molecule has 0 saturated carbocycles. The number of anilines is 1. The Morgan fingerprint density at radius 2 is 1.83 bits per heavy atom. The minimum absolute atomic E-state index is 0.0302. The number of aryl methyl sites for hydroxylation is 1. The number of non-ortho nitro benzene ring substituents is 1. The van der Waals surface area contributed by atoms with Gasteiger partial charge in [0.05, 0.1) is 22.2 Å². The third kappa shape index (κ3) is 5.78. The molecule has 0 fully saturated rings. The Labute approximate surface area is 169 Å². The number of hydrogen-bond acceptors (Lipinski definition) is 6. The molecular formula is C21H25N3O5. The zero-order valence-corrected chi connectivity index (χ0v) is 17.0. The molecular weight excluding hydrogens is 374 g/mol. The molecule has 0 aliphatic heterocycles. The summed E-state index contributed by atoms with van der Waals surface area (Å²) in [6.07, 6.45) is 0.679. The Bertz CT molecular complexity index is 894. The molecule has 0 aliphatic rings. The first-order valence-corrected chi connectivity index (χ1v) is 9.21. The lowest BCUT2D eigenvalue weighted by Crippen LogP contribution is -2.32. The van der Waals surface area contributed by atoms with E-state index in [1.807, 2.05) is 38.1 Å². The predicted octanol–water partition coefficient (Wildman–Crippen LogP) is 3.39. The lowest BCUT2D eigenvalue weighted by Gasteiger charge is -2.18. The van der Waals surface area contributed by atoms with Crippen LogP contribution in [-0.2, 0) is 9.53 Å². The summed E-state index contributed by atoms with van der Waals surface area (Å²) < 4.78 is 5.12. The van der Waals surface area contributed by atoms with Crippen molar-refractivity contribution < 1.29 is 19.2 Å². The Morgan fingerprint density at radius 3 is 2.38 bits per heavy atom. The van der Waals surface area contributed by atoms with E-state index in [-0.39, 0.29) is 17.3 Å². The van der Waals surface area contributed by atoms with Crippen molar-refractivity contribution in [3.63, 3.8) is 0 Å². The zero-order chi connectivity index (χ0) is 21.6. The molecule has 1 amide bonds. The lowest BCUT2D eigenvalue weighted by atomic mass is 10.0. The number of benzene rings is 2. The maximum atomic E-state index is 12.5. The quantitative estimate of drug-likeness (QED) is 0.415. The van der Waals surface area contributed by atoms with E-state index >= 15 is 0 Å². The Hall–Kier alpha value is -3.42. The van der Waals surface area contributed by atoms with Gasteiger partial charge in [-0.2, -0.15) is 0 Å². The molecule has 2 aromatic rings. The van der Waals surface area contributed by atoms with Crippen LogP contribution < -0.4 is 10.2 Å². The van der Waals surface area contributed by atoms with Crippen molar-refractivity contribution in [3.05, 3.63) is 69.3 Å². The maximum absolute atomic E-state index is 12.5. The average Bonchev–Trinajstić information content (AvgIpc) is 2.70. The van der Waals surface area contributed by atoms with E-state index in [0.29, 0.717) is 12.1 Å². The van der Waals surface area contributed by atoms with E-state index < -0.39 is 23.4 Å². The molecule has 2 rings (SSSR count). The number of carbonyl (C=O) groups is 2. The largest absolute Gasteiger partial charge is 0.452 e. The van der Waals surface area contributed by atoms with Crippen molar-refractivity contribution in [2.45, 2.75) is 26.3 Å². The van der Waals surface area contributed by atoms with Crippen molar-refractivity contribution in [2.75, 3.05) is 25.6 Å². The first-order chi connectivity index (χ1) is 13.7. The van der Waals surface area contributed by atoms with Crippen LogP contribution in [0.5, 0.6) is 0 Å². The van der Waals surface area contributed by atoms with Gasteiger partial charge in [0, 0.05) is 26.2 Å². The van der Waals surface area contributed by atoms with Gasteiger partial charge in [0.25, 0.3) is 11.6 Å². The fourth-order valence-electron chi connectivity index (χ4n) is 2.86. The number of nitro benzene ring substituents is 1. The number of hydrogen-bond donors (Lipinski definition) is 1. The van der Waals surface area contributed by atoms with Crippen molar-refractivity contribution in [1.82, 2.24) is 5.32 Å². The van der Waals surface area contributed by atoms with Crippen LogP contribution >= 0.6 is 0 Å². The zero-order valence-electron chi connectivity index (χ0n) is 17.0. The van der Waals surface area contributed by atoms with E-state index in [1.54, 1.807) is 19.0 Å². The van der Waals surface area contributed by atoms with Crippen molar-refractivity contribution in [1.29, 1.82) is 0 Å². The van der Waals surface area contributed by atoms with Gasteiger partial charge in [-0.15, -0.1) is 0 Å². The van der Waals surface area contributed by atoms with Crippen LogP contribution in [0.3, 0.4) is 0 Å². The number of esters is 1. The summed E-state index contributed by atoms with van der Waals surface area (Å²) in [5, 5.41) is 13.9. The first kappa shape index (κ1) is 21.9. The molecule has 154 valence electrons. The van der Waals surface area contributed by atoms with Crippen molar-refractivity contribution >= 4 is 23.3 Å². The minimum Gasteiger partial charge on any atom is -0.452 e. The summed E-state index contributed by atoms with van der Waals surface area (Å²) in [5.74, 6) is -1.24. The number of ether oxygens (including phenoxy) is 1. The van der Waals surface area contributed by atoms with Gasteiger partial charge in [0.1, 0.15) is 0 Å². The first-order valence-electron chi connectivity index (χ1n) is 9.21. The van der Waals surface area contributed by atoms with Gasteiger partial charge in [-0.25, -0.2) is 4.79 Å². The van der Waals surface area contributed by atoms with Crippen LogP contribution in [0.4, 0.5) is 11.4 Å². The Morgan fingerprint density at radius 1 is 1.17 bits per heavy atom. The van der Waals surface area contributed by atoms with Gasteiger partial charge < -0.3 is 15.0 Å². The molecule has 1 atom stereocenters. The van der Waals surface area contributed by atoms with Gasteiger partial charge in [-0.05, 0) is 25.0 Å². The molecule has 2 aromatic carbocycles. The third-order valence-corrected chi connectivity index (χ3v) is 4.45. The number of nitro groups is 1. The highest BCUT2D eigenvalue weighted by Gasteiger charge is 2.21. The molecule has 0 unspecified atom stereocenters. The number of carbonyl (C=O) groups excluding carboxylic acids is 2. The van der Waals surface area contributed by atoms with Gasteiger partial charge in [0.15, 0.2) is 6.61 Å². The minimum atomic E-state index is -0.795. The van der Waals surface area contributed by atoms with Crippen LogP contribution in [0.2, 0.25) is 0 Å².